The summed E-state index contributed by atoms with van der Waals surface area (Å²) in [4.78, 5) is 31.8. The number of carbonyl (C=O) groups excluding carboxylic acids is 2. The van der Waals surface area contributed by atoms with Crippen LogP contribution in [0.15, 0.2) is 59.9 Å². The van der Waals surface area contributed by atoms with Crippen LogP contribution in [-0.2, 0) is 9.59 Å². The average Bonchev–Trinajstić information content (AvgIpc) is 3.55. The van der Waals surface area contributed by atoms with Gasteiger partial charge < -0.3 is 25.5 Å². The molecule has 3 N–H and O–H groups in total. The maximum absolute atomic E-state index is 13.0. The van der Waals surface area contributed by atoms with Gasteiger partial charge in [0.15, 0.2) is 0 Å². The van der Waals surface area contributed by atoms with E-state index in [4.69, 9.17) is 0 Å². The zero-order chi connectivity index (χ0) is 31.1. The van der Waals surface area contributed by atoms with E-state index in [0.29, 0.717) is 31.5 Å². The number of alkyl halides is 3. The molecule has 2 unspecified atom stereocenters. The summed E-state index contributed by atoms with van der Waals surface area (Å²) in [7, 11) is 6.00. The van der Waals surface area contributed by atoms with Crippen molar-refractivity contribution in [2.45, 2.75) is 75.4 Å². The lowest BCUT2D eigenvalue weighted by molar-refractivity contribution is -0.132. The second kappa shape index (κ2) is 14.5. The van der Waals surface area contributed by atoms with Gasteiger partial charge in [-0.15, -0.1) is 0 Å². The molecule has 8 nitrogen and oxygen atoms in total. The lowest BCUT2D eigenvalue weighted by Crippen LogP contribution is -2.49. The Morgan fingerprint density at radius 3 is 2.36 bits per heavy atom. The maximum Gasteiger partial charge on any atom is 0.416 e. The van der Waals surface area contributed by atoms with E-state index in [1.165, 1.54) is 13.0 Å². The number of nitrogens with zero attached hydrogens (tertiary/aromatic N) is 3. The van der Waals surface area contributed by atoms with Gasteiger partial charge in [-0.25, -0.2) is 0 Å². The molecule has 4 rings (SSSR count). The van der Waals surface area contributed by atoms with Crippen molar-refractivity contribution in [1.29, 1.82) is 0 Å². The van der Waals surface area contributed by atoms with Crippen LogP contribution in [0.25, 0.3) is 0 Å². The van der Waals surface area contributed by atoms with E-state index in [1.807, 2.05) is 49.2 Å². The van der Waals surface area contributed by atoms with Gasteiger partial charge in [-0.05, 0) is 78.7 Å². The molecule has 0 aromatic rings. The molecule has 3 fully saturated rings. The highest BCUT2D eigenvalue weighted by Crippen LogP contribution is 2.40. The minimum atomic E-state index is -4.62. The third kappa shape index (κ3) is 8.35. The van der Waals surface area contributed by atoms with Gasteiger partial charge in [-0.2, -0.15) is 13.2 Å². The second-order valence-electron chi connectivity index (χ2n) is 11.8. The third-order valence-electron chi connectivity index (χ3n) is 8.33. The van der Waals surface area contributed by atoms with Gasteiger partial charge in [0.2, 0.25) is 5.91 Å². The van der Waals surface area contributed by atoms with Crippen LogP contribution in [0.1, 0.15) is 45.4 Å². The predicted molar refractivity (Wildman–Crippen MR) is 158 cm³/mol. The summed E-state index contributed by atoms with van der Waals surface area (Å²) in [5, 5.41) is 17.0. The van der Waals surface area contributed by atoms with Crippen LogP contribution in [0.3, 0.4) is 0 Å². The minimum absolute atomic E-state index is 0.0618. The van der Waals surface area contributed by atoms with Crippen LogP contribution in [0.2, 0.25) is 0 Å². The molecule has 0 aromatic carbocycles. The summed E-state index contributed by atoms with van der Waals surface area (Å²) in [5.74, 6) is -0.964. The second-order valence-corrected chi connectivity index (χ2v) is 11.8. The Kier molecular flexibility index (Phi) is 11.6. The topological polar surface area (TPSA) is 88.2 Å². The highest BCUT2D eigenvalue weighted by atomic mass is 19.4. The largest absolute Gasteiger partial charge is 0.416 e. The standard InChI is InChI=1S/C28H37F3N4O3.C3H9N/c1-3-19(17-20(4-2)28(29,30)31)26(37)33-18-25(36)35-16-11-22-23(35)10-15-34(22)21-8-12-27(38,13-9-21)24-7-5-6-14-32-24;1-4(2)3/h3-7,17,21-23,32,38H,2,8-16,18H2,1H3,(H,33,37);1-3H3/b19-3+,20-17+;. The Bertz CT molecular complexity index is 1100. The Morgan fingerprint density at radius 1 is 1.17 bits per heavy atom. The molecule has 42 heavy (non-hydrogen) atoms. The van der Waals surface area contributed by atoms with Gasteiger partial charge in [0, 0.05) is 49.0 Å². The molecular weight excluding hydrogens is 547 g/mol. The van der Waals surface area contributed by atoms with E-state index in [1.54, 1.807) is 0 Å². The van der Waals surface area contributed by atoms with E-state index in [9.17, 15) is 27.9 Å². The molecule has 4 aliphatic rings. The predicted octanol–water partition coefficient (Wildman–Crippen LogP) is 3.29. The number of dihydropyridines is 1. The molecule has 2 saturated heterocycles. The smallest absolute Gasteiger partial charge is 0.384 e. The van der Waals surface area contributed by atoms with Crippen molar-refractivity contribution in [2.75, 3.05) is 47.3 Å². The van der Waals surface area contributed by atoms with Gasteiger partial charge in [0.1, 0.15) is 5.60 Å². The van der Waals surface area contributed by atoms with Crippen LogP contribution in [0.4, 0.5) is 13.2 Å². The number of carbonyl (C=O) groups is 2. The number of halogens is 3. The summed E-state index contributed by atoms with van der Waals surface area (Å²) >= 11 is 0. The summed E-state index contributed by atoms with van der Waals surface area (Å²) in [6.07, 6.45) is 8.85. The molecule has 11 heteroatoms. The zero-order valence-corrected chi connectivity index (χ0v) is 25.2. The van der Waals surface area contributed by atoms with Crippen LogP contribution >= 0.6 is 0 Å². The van der Waals surface area contributed by atoms with E-state index < -0.39 is 23.3 Å². The molecule has 3 aliphatic heterocycles. The zero-order valence-electron chi connectivity index (χ0n) is 25.2. The van der Waals surface area contributed by atoms with Crippen LogP contribution in [0, 0.1) is 0 Å². The van der Waals surface area contributed by atoms with E-state index in [-0.39, 0.29) is 30.1 Å². The number of hydrogen-bond donors (Lipinski definition) is 3. The van der Waals surface area contributed by atoms with Crippen molar-refractivity contribution in [2.24, 2.45) is 0 Å². The van der Waals surface area contributed by atoms with Crippen molar-refractivity contribution in [3.05, 3.63) is 59.9 Å². The molecule has 0 aromatic heterocycles. The molecule has 0 radical (unpaired) electrons. The van der Waals surface area contributed by atoms with Gasteiger partial charge in [-0.3, -0.25) is 14.5 Å². The number of allylic oxidation sites excluding steroid dienone is 5. The number of fused-ring (bicyclic) bond motifs is 1. The molecule has 1 aliphatic carbocycles. The monoisotopic (exact) mass is 593 g/mol. The molecule has 2 amide bonds. The van der Waals surface area contributed by atoms with E-state index >= 15 is 0 Å². The first-order chi connectivity index (χ1) is 19.8. The quantitative estimate of drug-likeness (QED) is 0.310. The molecule has 2 atom stereocenters. The van der Waals surface area contributed by atoms with Crippen LogP contribution in [-0.4, -0.2) is 109 Å². The first kappa shape index (κ1) is 33.6. The Morgan fingerprint density at radius 2 is 1.81 bits per heavy atom. The highest BCUT2D eigenvalue weighted by Gasteiger charge is 2.48. The van der Waals surface area contributed by atoms with Gasteiger partial charge >= 0.3 is 6.18 Å². The molecule has 0 bridgehead atoms. The number of likely N-dealkylation sites (tertiary alicyclic amines) is 2. The Balaban J connectivity index is 0.00000114. The number of rotatable bonds is 7. The lowest BCUT2D eigenvalue weighted by atomic mass is 9.78. The summed E-state index contributed by atoms with van der Waals surface area (Å²) in [6, 6.07) is 0.667. The average molecular weight is 594 g/mol. The third-order valence-corrected chi connectivity index (χ3v) is 8.33. The normalized spacial score (nSPS) is 28.5. The van der Waals surface area contributed by atoms with Crippen LogP contribution < -0.4 is 10.6 Å². The molecule has 3 heterocycles. The fourth-order valence-corrected chi connectivity index (χ4v) is 6.31. The van der Waals surface area contributed by atoms with Crippen molar-refractivity contribution in [1.82, 2.24) is 25.3 Å². The first-order valence-electron chi connectivity index (χ1n) is 14.7. The number of nitrogens with one attached hydrogen (secondary N) is 2. The first-order valence-corrected chi connectivity index (χ1v) is 14.7. The van der Waals surface area contributed by atoms with Crippen LogP contribution in [0.5, 0.6) is 0 Å². The molecular formula is C31H46F3N5O3. The Hall–Kier alpha value is -2.89. The van der Waals surface area contributed by atoms with Gasteiger partial charge in [0.25, 0.3) is 5.91 Å². The number of aliphatic hydroxyl groups is 1. The van der Waals surface area contributed by atoms with E-state index in [2.05, 4.69) is 22.1 Å². The number of hydrogen-bond acceptors (Lipinski definition) is 6. The van der Waals surface area contributed by atoms with Crippen molar-refractivity contribution >= 4 is 11.8 Å². The Labute approximate surface area is 247 Å². The fourth-order valence-electron chi connectivity index (χ4n) is 6.31. The summed E-state index contributed by atoms with van der Waals surface area (Å²) < 4.78 is 39.1. The van der Waals surface area contributed by atoms with Gasteiger partial charge in [-0.1, -0.05) is 30.9 Å². The fraction of sp³-hybridized carbons (Fsp3) is 0.613. The molecule has 1 saturated carbocycles. The molecule has 234 valence electrons. The molecule has 0 spiro atoms. The lowest BCUT2D eigenvalue weighted by Gasteiger charge is -2.42. The highest BCUT2D eigenvalue weighted by molar-refractivity contribution is 5.98. The summed E-state index contributed by atoms with van der Waals surface area (Å²) in [5.41, 5.74) is -1.12. The van der Waals surface area contributed by atoms with E-state index in [0.717, 1.165) is 50.5 Å². The SMILES string of the molecule is C=C/C(=C\C(=C/C)C(=O)NCC(=O)N1CCC2C1CCN2C1CCC(O)(C2=CC=CCN2)CC1)C(F)(F)F.CN(C)C. The van der Waals surface area contributed by atoms with Crippen molar-refractivity contribution in [3.8, 4) is 0 Å². The number of amides is 2. The minimum Gasteiger partial charge on any atom is -0.384 e. The van der Waals surface area contributed by atoms with Crippen molar-refractivity contribution < 1.29 is 27.9 Å². The maximum atomic E-state index is 13.0. The summed E-state index contributed by atoms with van der Waals surface area (Å²) in [6.45, 7) is 6.57. The van der Waals surface area contributed by atoms with Gasteiger partial charge in [0.05, 0.1) is 12.1 Å². The van der Waals surface area contributed by atoms with Crippen molar-refractivity contribution in [3.63, 3.8) is 0 Å².